The predicted molar refractivity (Wildman–Crippen MR) is 67.1 cm³/mol. The van der Waals surface area contributed by atoms with Crippen LogP contribution in [0.2, 0.25) is 0 Å². The number of hydrogen-bond acceptors (Lipinski definition) is 5. The number of esters is 1. The lowest BCUT2D eigenvalue weighted by molar-refractivity contribution is -0.153. The minimum Gasteiger partial charge on any atom is -0.448 e. The first-order valence-corrected chi connectivity index (χ1v) is 6.86. The van der Waals surface area contributed by atoms with Crippen LogP contribution in [0.4, 0.5) is 13.6 Å². The third-order valence-corrected chi connectivity index (χ3v) is 3.20. The van der Waals surface area contributed by atoms with Crippen molar-refractivity contribution < 1.29 is 32.6 Å². The van der Waals surface area contributed by atoms with Crippen molar-refractivity contribution in [2.45, 2.75) is 50.5 Å². The summed E-state index contributed by atoms with van der Waals surface area (Å²) in [5.74, 6) is -4.11. The van der Waals surface area contributed by atoms with E-state index in [-0.39, 0.29) is 6.61 Å². The molecule has 0 spiro atoms. The van der Waals surface area contributed by atoms with E-state index in [1.54, 1.807) is 20.8 Å². The van der Waals surface area contributed by atoms with Crippen LogP contribution in [0.15, 0.2) is 0 Å². The summed E-state index contributed by atoms with van der Waals surface area (Å²) in [6.45, 7) is 4.41. The number of halogens is 3. The van der Waals surface area contributed by atoms with Gasteiger partial charge in [-0.2, -0.15) is 0 Å². The molecule has 6 nitrogen and oxygen atoms in total. The molecule has 1 amide bonds. The van der Waals surface area contributed by atoms with Gasteiger partial charge >= 0.3 is 12.1 Å². The molecule has 2 rings (SSSR count). The van der Waals surface area contributed by atoms with Crippen LogP contribution in [-0.4, -0.2) is 59.3 Å². The second-order valence-corrected chi connectivity index (χ2v) is 6.07. The minimum atomic E-state index is -3.20. The fourth-order valence-corrected chi connectivity index (χ4v) is 2.28. The first kappa shape index (κ1) is 16.2. The summed E-state index contributed by atoms with van der Waals surface area (Å²) in [7, 11) is 0. The molecule has 2 aliphatic rings. The van der Waals surface area contributed by atoms with Crippen molar-refractivity contribution in [2.24, 2.45) is 0 Å². The first-order valence-electron chi connectivity index (χ1n) is 6.33. The van der Waals surface area contributed by atoms with E-state index in [9.17, 15) is 18.4 Å². The van der Waals surface area contributed by atoms with Crippen LogP contribution in [0.5, 0.6) is 0 Å². The highest BCUT2D eigenvalue weighted by molar-refractivity contribution is 6.17. The smallest absolute Gasteiger partial charge is 0.411 e. The number of hydrogen-bond donors (Lipinski definition) is 0. The van der Waals surface area contributed by atoms with Gasteiger partial charge in [-0.1, -0.05) is 11.6 Å². The van der Waals surface area contributed by atoms with E-state index in [4.69, 9.17) is 21.1 Å². The third-order valence-electron chi connectivity index (χ3n) is 3.09. The number of carbonyl (C=O) groups excluding carboxylic acids is 2. The van der Waals surface area contributed by atoms with Crippen molar-refractivity contribution in [3.63, 3.8) is 0 Å². The quantitative estimate of drug-likeness (QED) is 0.571. The Labute approximate surface area is 125 Å². The van der Waals surface area contributed by atoms with E-state index < -0.39 is 47.8 Å². The van der Waals surface area contributed by atoms with E-state index in [2.05, 4.69) is 4.74 Å². The van der Waals surface area contributed by atoms with Crippen LogP contribution >= 0.6 is 11.6 Å². The number of rotatable bonds is 2. The van der Waals surface area contributed by atoms with Crippen LogP contribution in [0.1, 0.15) is 20.8 Å². The van der Waals surface area contributed by atoms with Gasteiger partial charge in [0.1, 0.15) is 17.7 Å². The molecule has 1 heterocycles. The largest absolute Gasteiger partial charge is 0.448 e. The second kappa shape index (κ2) is 5.24. The van der Waals surface area contributed by atoms with Crippen molar-refractivity contribution in [3.8, 4) is 0 Å². The Morgan fingerprint density at radius 1 is 1.43 bits per heavy atom. The molecule has 1 saturated carbocycles. The van der Waals surface area contributed by atoms with E-state index in [1.807, 2.05) is 0 Å². The zero-order valence-corrected chi connectivity index (χ0v) is 12.5. The molecule has 21 heavy (non-hydrogen) atoms. The molecule has 9 heteroatoms. The minimum absolute atomic E-state index is 0.383. The van der Waals surface area contributed by atoms with Crippen molar-refractivity contribution in [1.29, 1.82) is 0 Å². The van der Waals surface area contributed by atoms with Gasteiger partial charge in [-0.05, 0) is 20.8 Å². The summed E-state index contributed by atoms with van der Waals surface area (Å²) in [5.41, 5.74) is -0.879. The lowest BCUT2D eigenvalue weighted by Crippen LogP contribution is -2.55. The molecule has 1 aliphatic carbocycles. The van der Waals surface area contributed by atoms with Gasteiger partial charge in [0.15, 0.2) is 12.1 Å². The topological polar surface area (TPSA) is 65.1 Å². The third kappa shape index (κ3) is 3.06. The van der Waals surface area contributed by atoms with Crippen LogP contribution in [-0.2, 0) is 19.0 Å². The number of morpholine rings is 1. The normalized spacial score (nSPS) is 30.4. The highest BCUT2D eigenvalue weighted by atomic mass is 35.5. The number of ether oxygens (including phenoxy) is 3. The summed E-state index contributed by atoms with van der Waals surface area (Å²) in [5, 5.41) is 0. The molecular formula is C12H16ClF2NO5. The van der Waals surface area contributed by atoms with Gasteiger partial charge in [-0.3, -0.25) is 4.90 Å². The summed E-state index contributed by atoms with van der Waals surface area (Å²) < 4.78 is 41.8. The maximum absolute atomic E-state index is 13.6. The van der Waals surface area contributed by atoms with Gasteiger partial charge in [0.2, 0.25) is 0 Å². The molecule has 1 saturated heterocycles. The SMILES string of the molecule is CC(C)(C)OC(=O)N1C(C(=O)OCCl)COC2C1C2(F)F. The average molecular weight is 328 g/mol. The van der Waals surface area contributed by atoms with Crippen molar-refractivity contribution >= 4 is 23.7 Å². The van der Waals surface area contributed by atoms with Gasteiger partial charge in [0.05, 0.1) is 6.61 Å². The maximum atomic E-state index is 13.6. The lowest BCUT2D eigenvalue weighted by Gasteiger charge is -2.34. The fraction of sp³-hybridized carbons (Fsp3) is 0.833. The maximum Gasteiger partial charge on any atom is 0.411 e. The summed E-state index contributed by atoms with van der Waals surface area (Å²) in [6.07, 6.45) is -2.42. The van der Waals surface area contributed by atoms with Gasteiger partial charge < -0.3 is 14.2 Å². The van der Waals surface area contributed by atoms with Gasteiger partial charge in [0.25, 0.3) is 5.92 Å². The van der Waals surface area contributed by atoms with E-state index >= 15 is 0 Å². The molecule has 0 aromatic rings. The van der Waals surface area contributed by atoms with Crippen LogP contribution in [0.25, 0.3) is 0 Å². The van der Waals surface area contributed by atoms with Crippen molar-refractivity contribution in [1.82, 2.24) is 4.90 Å². The Hall–Kier alpha value is -1.15. The summed E-state index contributed by atoms with van der Waals surface area (Å²) in [6, 6.07) is -3.26. The Kier molecular flexibility index (Phi) is 4.05. The van der Waals surface area contributed by atoms with Gasteiger partial charge in [-0.25, -0.2) is 18.4 Å². The Morgan fingerprint density at radius 3 is 2.57 bits per heavy atom. The molecule has 2 fully saturated rings. The monoisotopic (exact) mass is 327 g/mol. The summed E-state index contributed by atoms with van der Waals surface area (Å²) in [4.78, 5) is 24.6. The lowest BCUT2D eigenvalue weighted by atomic mass is 10.2. The molecule has 0 aromatic heterocycles. The fourth-order valence-electron chi connectivity index (χ4n) is 2.17. The van der Waals surface area contributed by atoms with Crippen LogP contribution < -0.4 is 0 Å². The molecule has 0 aromatic carbocycles. The Balaban J connectivity index is 2.21. The van der Waals surface area contributed by atoms with Crippen molar-refractivity contribution in [3.05, 3.63) is 0 Å². The van der Waals surface area contributed by atoms with E-state index in [0.29, 0.717) is 4.90 Å². The van der Waals surface area contributed by atoms with E-state index in [1.165, 1.54) is 0 Å². The molecule has 3 atom stereocenters. The van der Waals surface area contributed by atoms with Gasteiger partial charge in [-0.15, -0.1) is 0 Å². The molecular weight excluding hydrogens is 312 g/mol. The molecule has 3 unspecified atom stereocenters. The Morgan fingerprint density at radius 2 is 2.05 bits per heavy atom. The molecule has 0 N–H and O–H groups in total. The van der Waals surface area contributed by atoms with Crippen LogP contribution in [0, 0.1) is 0 Å². The zero-order chi connectivity index (χ0) is 16.0. The van der Waals surface area contributed by atoms with Crippen LogP contribution in [0.3, 0.4) is 0 Å². The summed E-state index contributed by atoms with van der Waals surface area (Å²) >= 11 is 5.29. The first-order chi connectivity index (χ1) is 9.59. The molecule has 120 valence electrons. The number of carbonyl (C=O) groups is 2. The standard InChI is InChI=1S/C12H16ClF2NO5/c1-11(2,3)21-10(18)16-6(9(17)20-5-13)4-19-8-7(16)12(8,14)15/h6-8H,4-5H2,1-3H3. The number of nitrogens with zero attached hydrogens (tertiary/aromatic N) is 1. The van der Waals surface area contributed by atoms with E-state index in [0.717, 1.165) is 0 Å². The second-order valence-electron chi connectivity index (χ2n) is 5.85. The zero-order valence-electron chi connectivity index (χ0n) is 11.8. The Bertz CT molecular complexity index is 453. The number of alkyl halides is 3. The average Bonchev–Trinajstić information content (AvgIpc) is 2.89. The van der Waals surface area contributed by atoms with Gasteiger partial charge in [0, 0.05) is 0 Å². The van der Waals surface area contributed by atoms with Crippen molar-refractivity contribution in [2.75, 3.05) is 12.7 Å². The highest BCUT2D eigenvalue weighted by Gasteiger charge is 2.77. The highest BCUT2D eigenvalue weighted by Crippen LogP contribution is 2.51. The number of fused-ring (bicyclic) bond motifs is 1. The number of amides is 1. The predicted octanol–water partition coefficient (Wildman–Crippen LogP) is 1.75. The molecule has 0 bridgehead atoms. The molecule has 1 aliphatic heterocycles. The molecule has 0 radical (unpaired) electrons.